The van der Waals surface area contributed by atoms with E-state index in [0.29, 0.717) is 12.6 Å². The Kier molecular flexibility index (Phi) is 5.11. The molecule has 0 amide bonds. The summed E-state index contributed by atoms with van der Waals surface area (Å²) >= 11 is 0. The Hall–Kier alpha value is -3.31. The lowest BCUT2D eigenvalue weighted by atomic mass is 9.99. The Balaban J connectivity index is 1.30. The van der Waals surface area contributed by atoms with Gasteiger partial charge in [-0.25, -0.2) is 9.97 Å². The van der Waals surface area contributed by atoms with Gasteiger partial charge in [-0.15, -0.1) is 0 Å². The number of aromatic nitrogens is 3. The normalized spacial score (nSPS) is 13.5. The van der Waals surface area contributed by atoms with Gasteiger partial charge < -0.3 is 4.74 Å². The molecule has 0 spiro atoms. The molecule has 30 heavy (non-hydrogen) atoms. The number of benzene rings is 2. The van der Waals surface area contributed by atoms with Crippen LogP contribution in [0.15, 0.2) is 67.0 Å². The van der Waals surface area contributed by atoms with Gasteiger partial charge in [0.15, 0.2) is 0 Å². The summed E-state index contributed by atoms with van der Waals surface area (Å²) in [5.41, 5.74) is 7.21. The average Bonchev–Trinajstić information content (AvgIpc) is 3.22. The van der Waals surface area contributed by atoms with Crippen LogP contribution in [-0.4, -0.2) is 33.0 Å². The van der Waals surface area contributed by atoms with E-state index in [1.165, 1.54) is 22.1 Å². The zero-order valence-electron chi connectivity index (χ0n) is 17.1. The predicted octanol–water partition coefficient (Wildman–Crippen LogP) is 4.65. The van der Waals surface area contributed by atoms with Gasteiger partial charge in [-0.2, -0.15) is 0 Å². The Morgan fingerprint density at radius 3 is 2.67 bits per heavy atom. The highest BCUT2D eigenvalue weighted by Gasteiger charge is 2.22. The van der Waals surface area contributed by atoms with Crippen molar-refractivity contribution in [2.45, 2.75) is 26.4 Å². The Labute approximate surface area is 176 Å². The highest BCUT2D eigenvalue weighted by molar-refractivity contribution is 5.78. The summed E-state index contributed by atoms with van der Waals surface area (Å²) in [5.74, 6) is 0. The van der Waals surface area contributed by atoms with E-state index in [9.17, 15) is 0 Å². The molecule has 0 radical (unpaired) electrons. The van der Waals surface area contributed by atoms with Crippen molar-refractivity contribution >= 4 is 10.9 Å². The third-order valence-corrected chi connectivity index (χ3v) is 5.60. The second-order valence-corrected chi connectivity index (χ2v) is 7.59. The van der Waals surface area contributed by atoms with Crippen LogP contribution in [0.1, 0.15) is 23.7 Å². The lowest BCUT2D eigenvalue weighted by molar-refractivity contribution is 0.287. The summed E-state index contributed by atoms with van der Waals surface area (Å²) in [6.07, 6.45) is 4.66. The van der Waals surface area contributed by atoms with Gasteiger partial charge in [0.1, 0.15) is 0 Å². The second-order valence-electron chi connectivity index (χ2n) is 7.59. The van der Waals surface area contributed by atoms with Crippen LogP contribution in [0, 0.1) is 0 Å². The van der Waals surface area contributed by atoms with Gasteiger partial charge in [-0.05, 0) is 35.7 Å². The fourth-order valence-corrected chi connectivity index (χ4v) is 4.10. The number of pyridine rings is 1. The van der Waals surface area contributed by atoms with Crippen LogP contribution in [-0.2, 0) is 19.5 Å². The van der Waals surface area contributed by atoms with Crippen molar-refractivity contribution in [3.63, 3.8) is 0 Å². The van der Waals surface area contributed by atoms with E-state index >= 15 is 0 Å². The third-order valence-electron chi connectivity index (χ3n) is 5.60. The Bertz CT molecular complexity index is 1170. The number of nitrogens with zero attached hydrogens (tertiary/aromatic N) is 4. The van der Waals surface area contributed by atoms with Gasteiger partial charge in [-0.1, -0.05) is 42.5 Å². The Morgan fingerprint density at radius 2 is 1.80 bits per heavy atom. The summed E-state index contributed by atoms with van der Waals surface area (Å²) in [7, 11) is 0. The van der Waals surface area contributed by atoms with Crippen LogP contribution < -0.4 is 4.74 Å². The van der Waals surface area contributed by atoms with Gasteiger partial charge in [0, 0.05) is 55.1 Å². The van der Waals surface area contributed by atoms with Gasteiger partial charge in [0.05, 0.1) is 12.1 Å². The number of fused-ring (bicyclic) bond motifs is 2. The molecule has 5 nitrogen and oxygen atoms in total. The van der Waals surface area contributed by atoms with E-state index in [0.717, 1.165) is 42.8 Å². The molecule has 150 valence electrons. The largest absolute Gasteiger partial charge is 0.464 e. The van der Waals surface area contributed by atoms with Crippen LogP contribution >= 0.6 is 0 Å². The third kappa shape index (κ3) is 3.76. The first-order valence-electron chi connectivity index (χ1n) is 10.4. The van der Waals surface area contributed by atoms with Crippen molar-refractivity contribution < 1.29 is 4.74 Å². The summed E-state index contributed by atoms with van der Waals surface area (Å²) in [4.78, 5) is 16.0. The molecule has 2 aromatic heterocycles. The molecule has 4 aromatic rings. The van der Waals surface area contributed by atoms with Crippen molar-refractivity contribution in [3.8, 4) is 17.1 Å². The minimum Gasteiger partial charge on any atom is -0.464 e. The van der Waals surface area contributed by atoms with E-state index in [4.69, 9.17) is 9.72 Å². The molecule has 0 bridgehead atoms. The number of hydrogen-bond donors (Lipinski definition) is 0. The molecule has 0 unspecified atom stereocenters. The molecular weight excluding hydrogens is 372 g/mol. The fraction of sp³-hybridized carbons (Fsp3) is 0.240. The van der Waals surface area contributed by atoms with Gasteiger partial charge in [0.25, 0.3) is 0 Å². The van der Waals surface area contributed by atoms with Crippen molar-refractivity contribution in [2.75, 3.05) is 13.2 Å². The summed E-state index contributed by atoms with van der Waals surface area (Å²) < 4.78 is 5.37. The molecule has 0 atom stereocenters. The quantitative estimate of drug-likeness (QED) is 0.475. The summed E-state index contributed by atoms with van der Waals surface area (Å²) in [6.45, 7) is 5.39. The molecule has 0 fully saturated rings. The maximum Gasteiger partial charge on any atom is 0.316 e. The van der Waals surface area contributed by atoms with Gasteiger partial charge in [0.2, 0.25) is 0 Å². The lowest BCUT2D eigenvalue weighted by Gasteiger charge is -2.15. The molecular formula is C25H24N4O. The average molecular weight is 396 g/mol. The van der Waals surface area contributed by atoms with Crippen molar-refractivity contribution in [3.05, 3.63) is 83.8 Å². The highest BCUT2D eigenvalue weighted by atomic mass is 16.5. The zero-order valence-corrected chi connectivity index (χ0v) is 17.1. The maximum atomic E-state index is 5.37. The van der Waals surface area contributed by atoms with E-state index in [-0.39, 0.29) is 0 Å². The molecule has 0 saturated heterocycles. The number of ether oxygens (including phenoxy) is 1. The van der Waals surface area contributed by atoms with Crippen molar-refractivity contribution in [1.82, 2.24) is 19.9 Å². The molecule has 2 aromatic carbocycles. The number of hydrogen-bond acceptors (Lipinski definition) is 5. The molecule has 1 aliphatic heterocycles. The molecule has 1 aliphatic rings. The van der Waals surface area contributed by atoms with Gasteiger partial charge >= 0.3 is 6.01 Å². The van der Waals surface area contributed by atoms with Crippen molar-refractivity contribution in [2.24, 2.45) is 0 Å². The number of rotatable bonds is 6. The first-order chi connectivity index (χ1) is 14.8. The lowest BCUT2D eigenvalue weighted by Crippen LogP contribution is -2.19. The highest BCUT2D eigenvalue weighted by Crippen LogP contribution is 2.32. The first-order valence-corrected chi connectivity index (χ1v) is 10.4. The smallest absolute Gasteiger partial charge is 0.316 e. The molecule has 5 heteroatoms. The minimum atomic E-state index is 0.429. The van der Waals surface area contributed by atoms with E-state index in [1.807, 2.05) is 25.4 Å². The van der Waals surface area contributed by atoms with E-state index in [1.54, 1.807) is 0 Å². The number of para-hydroxylation sites is 1. The predicted molar refractivity (Wildman–Crippen MR) is 118 cm³/mol. The van der Waals surface area contributed by atoms with E-state index < -0.39 is 0 Å². The first kappa shape index (κ1) is 18.7. The topological polar surface area (TPSA) is 51.1 Å². The summed E-state index contributed by atoms with van der Waals surface area (Å²) in [6, 6.07) is 19.5. The monoisotopic (exact) mass is 396 g/mol. The van der Waals surface area contributed by atoms with E-state index in [2.05, 4.69) is 63.4 Å². The zero-order chi connectivity index (χ0) is 20.3. The van der Waals surface area contributed by atoms with Gasteiger partial charge in [-0.3, -0.25) is 9.88 Å². The second kappa shape index (κ2) is 8.20. The van der Waals surface area contributed by atoms with Crippen LogP contribution in [0.25, 0.3) is 22.0 Å². The fourth-order valence-electron chi connectivity index (χ4n) is 4.10. The Morgan fingerprint density at radius 1 is 0.933 bits per heavy atom. The maximum absolute atomic E-state index is 5.37. The van der Waals surface area contributed by atoms with Crippen LogP contribution in [0.4, 0.5) is 0 Å². The van der Waals surface area contributed by atoms with Crippen LogP contribution in [0.2, 0.25) is 0 Å². The minimum absolute atomic E-state index is 0.429. The van der Waals surface area contributed by atoms with Crippen molar-refractivity contribution in [1.29, 1.82) is 0 Å². The van der Waals surface area contributed by atoms with Crippen LogP contribution in [0.3, 0.4) is 0 Å². The molecule has 3 heterocycles. The molecule has 0 aliphatic carbocycles. The van der Waals surface area contributed by atoms with Crippen LogP contribution in [0.5, 0.6) is 6.01 Å². The molecule has 5 rings (SSSR count). The molecule has 0 saturated carbocycles. The molecule has 0 N–H and O–H groups in total. The SMILES string of the molecule is CCOc1ncc(-c2cccc3c2CN(CCc2ccc4ccccc4n2)C3)cn1. The summed E-state index contributed by atoms with van der Waals surface area (Å²) in [5, 5.41) is 1.19. The standard InChI is InChI=1S/C25H24N4O/c1-2-30-25-26-14-20(15-27-25)22-8-5-7-19-16-29(17-23(19)22)13-12-21-11-10-18-6-3-4-9-24(18)28-21/h3-11,14-15H,2,12-13,16-17H2,1H3.